The smallest absolute Gasteiger partial charge is 0.337 e. The van der Waals surface area contributed by atoms with Crippen LogP contribution in [0.1, 0.15) is 28.9 Å². The summed E-state index contributed by atoms with van der Waals surface area (Å²) in [6, 6.07) is 7.07. The third-order valence-electron chi connectivity index (χ3n) is 2.63. The summed E-state index contributed by atoms with van der Waals surface area (Å²) in [5.74, 6) is -1.02. The second-order valence-electron chi connectivity index (χ2n) is 3.92. The molecule has 1 unspecified atom stereocenters. The fourth-order valence-electron chi connectivity index (χ4n) is 1.63. The summed E-state index contributed by atoms with van der Waals surface area (Å²) < 4.78 is 0. The Morgan fingerprint density at radius 1 is 1.44 bits per heavy atom. The van der Waals surface area contributed by atoms with Gasteiger partial charge in [-0.2, -0.15) is 11.3 Å². The molecule has 0 aliphatic rings. The molecule has 2 aromatic rings. The second kappa shape index (κ2) is 5.42. The molecule has 0 fully saturated rings. The number of aromatic carboxylic acids is 1. The molecule has 94 valence electrons. The zero-order valence-electron chi connectivity index (χ0n) is 9.68. The van der Waals surface area contributed by atoms with E-state index >= 15 is 0 Å². The van der Waals surface area contributed by atoms with Gasteiger partial charge in [-0.3, -0.25) is 0 Å². The lowest BCUT2D eigenvalue weighted by Crippen LogP contribution is -2.06. The maximum atomic E-state index is 10.8. The largest absolute Gasteiger partial charge is 0.478 e. The molecular formula is C13H12ClNO2S. The van der Waals surface area contributed by atoms with Crippen LogP contribution in [0.4, 0.5) is 5.69 Å². The number of anilines is 1. The molecule has 2 rings (SSSR count). The average Bonchev–Trinajstić information content (AvgIpc) is 2.81. The van der Waals surface area contributed by atoms with Crippen molar-refractivity contribution in [1.29, 1.82) is 0 Å². The second-order valence-corrected chi connectivity index (χ2v) is 5.11. The van der Waals surface area contributed by atoms with Crippen LogP contribution < -0.4 is 5.32 Å². The van der Waals surface area contributed by atoms with Crippen LogP contribution in [0, 0.1) is 0 Å². The minimum Gasteiger partial charge on any atom is -0.478 e. The lowest BCUT2D eigenvalue weighted by atomic mass is 10.1. The predicted molar refractivity (Wildman–Crippen MR) is 74.8 cm³/mol. The Morgan fingerprint density at radius 3 is 2.78 bits per heavy atom. The van der Waals surface area contributed by atoms with Crippen LogP contribution in [-0.2, 0) is 0 Å². The molecule has 0 spiro atoms. The molecular weight excluding hydrogens is 270 g/mol. The highest BCUT2D eigenvalue weighted by Crippen LogP contribution is 2.25. The van der Waals surface area contributed by atoms with Crippen molar-refractivity contribution in [3.8, 4) is 0 Å². The van der Waals surface area contributed by atoms with E-state index in [0.29, 0.717) is 0 Å². The van der Waals surface area contributed by atoms with E-state index in [0.717, 1.165) is 5.69 Å². The number of nitrogens with one attached hydrogen (secondary N) is 1. The molecule has 3 nitrogen and oxygen atoms in total. The van der Waals surface area contributed by atoms with Crippen LogP contribution in [0.3, 0.4) is 0 Å². The number of carboxylic acid groups (broad SMARTS) is 1. The molecule has 5 heteroatoms. The quantitative estimate of drug-likeness (QED) is 0.880. The number of carbonyl (C=O) groups is 1. The van der Waals surface area contributed by atoms with Crippen molar-refractivity contribution in [2.75, 3.05) is 5.32 Å². The number of carboxylic acids is 1. The number of benzene rings is 1. The highest BCUT2D eigenvalue weighted by atomic mass is 35.5. The summed E-state index contributed by atoms with van der Waals surface area (Å²) in [4.78, 5) is 10.8. The normalized spacial score (nSPS) is 12.1. The monoisotopic (exact) mass is 281 g/mol. The SMILES string of the molecule is CC(Nc1ccc(C(=O)O)c(Cl)c1)c1ccsc1. The van der Waals surface area contributed by atoms with Crippen LogP contribution >= 0.6 is 22.9 Å². The Hall–Kier alpha value is -1.52. The third-order valence-corrected chi connectivity index (χ3v) is 3.64. The molecule has 1 heterocycles. The van der Waals surface area contributed by atoms with Crippen molar-refractivity contribution in [3.05, 3.63) is 51.2 Å². The Balaban J connectivity index is 2.15. The lowest BCUT2D eigenvalue weighted by molar-refractivity contribution is 0.0697. The summed E-state index contributed by atoms with van der Waals surface area (Å²) in [6.45, 7) is 2.04. The van der Waals surface area contributed by atoms with Gasteiger partial charge in [-0.15, -0.1) is 0 Å². The molecule has 18 heavy (non-hydrogen) atoms. The minimum atomic E-state index is -1.02. The first-order valence-electron chi connectivity index (χ1n) is 5.39. The topological polar surface area (TPSA) is 49.3 Å². The van der Waals surface area contributed by atoms with E-state index in [4.69, 9.17) is 16.7 Å². The lowest BCUT2D eigenvalue weighted by Gasteiger charge is -2.14. The summed E-state index contributed by atoms with van der Waals surface area (Å²) in [5, 5.41) is 16.5. The molecule has 2 N–H and O–H groups in total. The molecule has 1 aromatic heterocycles. The van der Waals surface area contributed by atoms with Gasteiger partial charge in [-0.1, -0.05) is 11.6 Å². The summed E-state index contributed by atoms with van der Waals surface area (Å²) in [6.07, 6.45) is 0. The van der Waals surface area contributed by atoms with Crippen molar-refractivity contribution in [2.45, 2.75) is 13.0 Å². The number of hydrogen-bond donors (Lipinski definition) is 2. The number of rotatable bonds is 4. The van der Waals surface area contributed by atoms with Crippen molar-refractivity contribution in [1.82, 2.24) is 0 Å². The van der Waals surface area contributed by atoms with Gasteiger partial charge in [-0.05, 0) is 47.5 Å². The number of halogens is 1. The predicted octanol–water partition coefficient (Wildman–Crippen LogP) is 4.27. The van der Waals surface area contributed by atoms with E-state index in [9.17, 15) is 4.79 Å². The highest BCUT2D eigenvalue weighted by molar-refractivity contribution is 7.08. The van der Waals surface area contributed by atoms with Gasteiger partial charge in [0.2, 0.25) is 0 Å². The van der Waals surface area contributed by atoms with Gasteiger partial charge < -0.3 is 10.4 Å². The van der Waals surface area contributed by atoms with E-state index < -0.39 is 5.97 Å². The van der Waals surface area contributed by atoms with Gasteiger partial charge in [0.15, 0.2) is 0 Å². The van der Waals surface area contributed by atoms with E-state index in [1.165, 1.54) is 11.6 Å². The molecule has 0 aliphatic heterocycles. The Bertz CT molecular complexity index is 554. The standard InChI is InChI=1S/C13H12ClNO2S/c1-8(9-4-5-18-7-9)15-10-2-3-11(13(16)17)12(14)6-10/h2-8,15H,1H3,(H,16,17). The van der Waals surface area contributed by atoms with Crippen molar-refractivity contribution < 1.29 is 9.90 Å². The Morgan fingerprint density at radius 2 is 2.22 bits per heavy atom. The number of hydrogen-bond acceptors (Lipinski definition) is 3. The van der Waals surface area contributed by atoms with E-state index in [1.807, 2.05) is 12.3 Å². The highest BCUT2D eigenvalue weighted by Gasteiger charge is 2.10. The van der Waals surface area contributed by atoms with Crippen LogP contribution in [0.15, 0.2) is 35.0 Å². The zero-order chi connectivity index (χ0) is 13.1. The molecule has 0 bridgehead atoms. The average molecular weight is 282 g/mol. The summed E-state index contributed by atoms with van der Waals surface area (Å²) in [5.41, 5.74) is 2.12. The van der Waals surface area contributed by atoms with E-state index in [2.05, 4.69) is 16.8 Å². The maximum absolute atomic E-state index is 10.8. The van der Waals surface area contributed by atoms with Crippen LogP contribution in [0.25, 0.3) is 0 Å². The van der Waals surface area contributed by atoms with Gasteiger partial charge in [0.1, 0.15) is 0 Å². The first-order valence-corrected chi connectivity index (χ1v) is 6.71. The molecule has 0 aliphatic carbocycles. The molecule has 0 amide bonds. The van der Waals surface area contributed by atoms with Crippen molar-refractivity contribution in [2.24, 2.45) is 0 Å². The molecule has 0 saturated heterocycles. The van der Waals surface area contributed by atoms with Gasteiger partial charge in [-0.25, -0.2) is 4.79 Å². The molecule has 0 saturated carbocycles. The molecule has 1 aromatic carbocycles. The zero-order valence-corrected chi connectivity index (χ0v) is 11.3. The first kappa shape index (κ1) is 12.9. The van der Waals surface area contributed by atoms with E-state index in [1.54, 1.807) is 23.5 Å². The third kappa shape index (κ3) is 2.83. The maximum Gasteiger partial charge on any atom is 0.337 e. The molecule has 1 atom stereocenters. The molecule has 0 radical (unpaired) electrons. The Kier molecular flexibility index (Phi) is 3.89. The van der Waals surface area contributed by atoms with Gasteiger partial charge in [0, 0.05) is 11.7 Å². The first-order chi connectivity index (χ1) is 8.58. The van der Waals surface area contributed by atoms with Gasteiger partial charge >= 0.3 is 5.97 Å². The summed E-state index contributed by atoms with van der Waals surface area (Å²) >= 11 is 7.56. The minimum absolute atomic E-state index is 0.116. The van der Waals surface area contributed by atoms with Crippen LogP contribution in [0.5, 0.6) is 0 Å². The fourth-order valence-corrected chi connectivity index (χ4v) is 2.65. The number of thiophene rings is 1. The fraction of sp³-hybridized carbons (Fsp3) is 0.154. The Labute approximate surface area is 114 Å². The van der Waals surface area contributed by atoms with Crippen molar-refractivity contribution >= 4 is 34.6 Å². The van der Waals surface area contributed by atoms with Crippen LogP contribution in [-0.4, -0.2) is 11.1 Å². The van der Waals surface area contributed by atoms with Crippen LogP contribution in [0.2, 0.25) is 5.02 Å². The van der Waals surface area contributed by atoms with Crippen molar-refractivity contribution in [3.63, 3.8) is 0 Å². The summed E-state index contributed by atoms with van der Waals surface area (Å²) in [7, 11) is 0. The van der Waals surface area contributed by atoms with E-state index in [-0.39, 0.29) is 16.6 Å². The van der Waals surface area contributed by atoms with Gasteiger partial charge in [0.25, 0.3) is 0 Å². The van der Waals surface area contributed by atoms with Gasteiger partial charge in [0.05, 0.1) is 10.6 Å².